The maximum absolute atomic E-state index is 13.0. The molecule has 0 aromatic carbocycles. The normalized spacial score (nSPS) is 16.5. The summed E-state index contributed by atoms with van der Waals surface area (Å²) in [5, 5.41) is 3.98. The van der Waals surface area contributed by atoms with E-state index in [2.05, 4.69) is 15.3 Å². The Bertz CT molecular complexity index is 988. The third-order valence-electron chi connectivity index (χ3n) is 4.91. The lowest BCUT2D eigenvalue weighted by Crippen LogP contribution is -2.41. The SMILES string of the molecule is CC[C@@H](C(=O)NC1CCCC1)n1cnc2c(sc3ncccc32)c1=O. The number of thiophene rings is 1. The van der Waals surface area contributed by atoms with Crippen molar-refractivity contribution in [3.63, 3.8) is 0 Å². The predicted molar refractivity (Wildman–Crippen MR) is 98.9 cm³/mol. The summed E-state index contributed by atoms with van der Waals surface area (Å²) in [7, 11) is 0. The zero-order chi connectivity index (χ0) is 17.4. The molecule has 6 nitrogen and oxygen atoms in total. The van der Waals surface area contributed by atoms with Crippen molar-refractivity contribution in [2.75, 3.05) is 0 Å². The minimum Gasteiger partial charge on any atom is -0.352 e. The largest absolute Gasteiger partial charge is 0.352 e. The van der Waals surface area contributed by atoms with Crippen LogP contribution < -0.4 is 10.9 Å². The quantitative estimate of drug-likeness (QED) is 0.779. The molecule has 0 bridgehead atoms. The molecule has 1 fully saturated rings. The van der Waals surface area contributed by atoms with E-state index in [-0.39, 0.29) is 17.5 Å². The Balaban J connectivity index is 1.73. The maximum atomic E-state index is 13.0. The number of hydrogen-bond acceptors (Lipinski definition) is 5. The average Bonchev–Trinajstić information content (AvgIpc) is 3.25. The molecule has 4 rings (SSSR count). The number of amides is 1. The van der Waals surface area contributed by atoms with Crippen LogP contribution in [-0.4, -0.2) is 26.5 Å². The van der Waals surface area contributed by atoms with Crippen LogP contribution in [0.1, 0.15) is 45.1 Å². The fourth-order valence-electron chi connectivity index (χ4n) is 3.58. The molecule has 0 radical (unpaired) electrons. The highest BCUT2D eigenvalue weighted by Crippen LogP contribution is 2.28. The number of rotatable bonds is 4. The first-order chi connectivity index (χ1) is 12.2. The molecule has 130 valence electrons. The fraction of sp³-hybridized carbons (Fsp3) is 0.444. The number of hydrogen-bond donors (Lipinski definition) is 1. The summed E-state index contributed by atoms with van der Waals surface area (Å²) < 4.78 is 2.03. The molecular formula is C18H20N4O2S. The van der Waals surface area contributed by atoms with Crippen molar-refractivity contribution in [2.45, 2.75) is 51.1 Å². The van der Waals surface area contributed by atoms with Crippen LogP contribution in [-0.2, 0) is 4.79 Å². The summed E-state index contributed by atoms with van der Waals surface area (Å²) in [5.74, 6) is -0.0862. The van der Waals surface area contributed by atoms with E-state index >= 15 is 0 Å². The number of carbonyl (C=O) groups is 1. The highest BCUT2D eigenvalue weighted by atomic mass is 32.1. The van der Waals surface area contributed by atoms with E-state index in [1.54, 1.807) is 6.20 Å². The lowest BCUT2D eigenvalue weighted by molar-refractivity contribution is -0.125. The third kappa shape index (κ3) is 2.82. The Hall–Kier alpha value is -2.28. The van der Waals surface area contributed by atoms with Crippen LogP contribution in [0.2, 0.25) is 0 Å². The van der Waals surface area contributed by atoms with Crippen molar-refractivity contribution in [3.8, 4) is 0 Å². The molecule has 3 aromatic heterocycles. The van der Waals surface area contributed by atoms with E-state index in [4.69, 9.17) is 0 Å². The summed E-state index contributed by atoms with van der Waals surface area (Å²) in [6.07, 6.45) is 8.13. The van der Waals surface area contributed by atoms with Crippen molar-refractivity contribution < 1.29 is 4.79 Å². The number of aromatic nitrogens is 3. The molecular weight excluding hydrogens is 336 g/mol. The lowest BCUT2D eigenvalue weighted by atomic mass is 10.1. The van der Waals surface area contributed by atoms with Gasteiger partial charge in [-0.05, 0) is 31.4 Å². The van der Waals surface area contributed by atoms with E-state index in [0.29, 0.717) is 16.6 Å². The zero-order valence-corrected chi connectivity index (χ0v) is 14.9. The second kappa shape index (κ2) is 6.55. The first kappa shape index (κ1) is 16.2. The molecule has 0 aliphatic heterocycles. The highest BCUT2D eigenvalue weighted by Gasteiger charge is 2.25. The summed E-state index contributed by atoms with van der Waals surface area (Å²) in [4.78, 5) is 35.2. The summed E-state index contributed by atoms with van der Waals surface area (Å²) >= 11 is 1.34. The molecule has 0 unspecified atom stereocenters. The third-order valence-corrected chi connectivity index (χ3v) is 6.00. The van der Waals surface area contributed by atoms with Crippen LogP contribution in [0.3, 0.4) is 0 Å². The lowest BCUT2D eigenvalue weighted by Gasteiger charge is -2.20. The molecule has 0 spiro atoms. The maximum Gasteiger partial charge on any atom is 0.272 e. The first-order valence-electron chi connectivity index (χ1n) is 8.73. The van der Waals surface area contributed by atoms with Crippen LogP contribution in [0, 0.1) is 0 Å². The number of nitrogens with zero attached hydrogens (tertiary/aromatic N) is 3. The summed E-state index contributed by atoms with van der Waals surface area (Å²) in [6, 6.07) is 3.47. The standard InChI is InChI=1S/C18H20N4O2S/c1-2-13(16(23)21-11-6-3-4-7-11)22-10-20-14-12-8-5-9-19-17(12)25-15(14)18(22)24/h5,8-11,13H,2-4,6-7H2,1H3,(H,21,23)/t13-/m0/s1. The Morgan fingerprint density at radius 2 is 2.20 bits per heavy atom. The van der Waals surface area contributed by atoms with Crippen molar-refractivity contribution in [1.82, 2.24) is 19.9 Å². The fourth-order valence-corrected chi connectivity index (χ4v) is 4.61. The van der Waals surface area contributed by atoms with E-state index in [1.807, 2.05) is 19.1 Å². The average molecular weight is 356 g/mol. The number of pyridine rings is 1. The van der Waals surface area contributed by atoms with Gasteiger partial charge in [0.2, 0.25) is 5.91 Å². The predicted octanol–water partition coefficient (Wildman–Crippen LogP) is 3.02. The van der Waals surface area contributed by atoms with Crippen LogP contribution >= 0.6 is 11.3 Å². The van der Waals surface area contributed by atoms with E-state index in [1.165, 1.54) is 22.2 Å². The molecule has 1 aliphatic carbocycles. The molecule has 1 aliphatic rings. The van der Waals surface area contributed by atoms with Gasteiger partial charge in [0.25, 0.3) is 5.56 Å². The first-order valence-corrected chi connectivity index (χ1v) is 9.55. The summed E-state index contributed by atoms with van der Waals surface area (Å²) in [6.45, 7) is 1.92. The molecule has 1 amide bonds. The van der Waals surface area contributed by atoms with Crippen molar-refractivity contribution >= 4 is 37.7 Å². The number of carbonyl (C=O) groups excluding carboxylic acids is 1. The molecule has 3 heterocycles. The van der Waals surface area contributed by atoms with Gasteiger partial charge in [-0.15, -0.1) is 11.3 Å². The number of fused-ring (bicyclic) bond motifs is 3. The van der Waals surface area contributed by atoms with Gasteiger partial charge in [0.05, 0.1) is 11.8 Å². The van der Waals surface area contributed by atoms with E-state index in [9.17, 15) is 9.59 Å². The van der Waals surface area contributed by atoms with Crippen LogP contribution in [0.5, 0.6) is 0 Å². The van der Waals surface area contributed by atoms with E-state index < -0.39 is 6.04 Å². The number of nitrogens with one attached hydrogen (secondary N) is 1. The highest BCUT2D eigenvalue weighted by molar-refractivity contribution is 7.25. The van der Waals surface area contributed by atoms with Crippen LogP contribution in [0.25, 0.3) is 20.4 Å². The molecule has 1 saturated carbocycles. The van der Waals surface area contributed by atoms with Crippen molar-refractivity contribution in [1.29, 1.82) is 0 Å². The van der Waals surface area contributed by atoms with Gasteiger partial charge < -0.3 is 5.32 Å². The molecule has 0 saturated heterocycles. The second-order valence-corrected chi connectivity index (χ2v) is 7.51. The van der Waals surface area contributed by atoms with Gasteiger partial charge in [-0.2, -0.15) is 0 Å². The van der Waals surface area contributed by atoms with Gasteiger partial charge >= 0.3 is 0 Å². The van der Waals surface area contributed by atoms with Crippen molar-refractivity contribution in [3.05, 3.63) is 35.0 Å². The Morgan fingerprint density at radius 3 is 2.96 bits per heavy atom. The van der Waals surface area contributed by atoms with Gasteiger partial charge in [-0.3, -0.25) is 14.2 Å². The molecule has 3 aromatic rings. The molecule has 7 heteroatoms. The Morgan fingerprint density at radius 1 is 1.40 bits per heavy atom. The molecule has 25 heavy (non-hydrogen) atoms. The van der Waals surface area contributed by atoms with Crippen LogP contribution in [0.15, 0.2) is 29.5 Å². The van der Waals surface area contributed by atoms with Gasteiger partial charge in [0.15, 0.2) is 0 Å². The molecule has 1 atom stereocenters. The van der Waals surface area contributed by atoms with Gasteiger partial charge in [0.1, 0.15) is 15.6 Å². The van der Waals surface area contributed by atoms with Gasteiger partial charge in [-0.1, -0.05) is 19.8 Å². The Labute approximate surface area is 148 Å². The Kier molecular flexibility index (Phi) is 4.25. The van der Waals surface area contributed by atoms with Crippen LogP contribution in [0.4, 0.5) is 0 Å². The minimum absolute atomic E-state index is 0.0862. The van der Waals surface area contributed by atoms with E-state index in [0.717, 1.165) is 35.9 Å². The van der Waals surface area contributed by atoms with Gasteiger partial charge in [0, 0.05) is 17.6 Å². The second-order valence-electron chi connectivity index (χ2n) is 6.51. The topological polar surface area (TPSA) is 76.9 Å². The monoisotopic (exact) mass is 356 g/mol. The minimum atomic E-state index is -0.525. The smallest absolute Gasteiger partial charge is 0.272 e. The zero-order valence-electron chi connectivity index (χ0n) is 14.1. The molecule has 1 N–H and O–H groups in total. The van der Waals surface area contributed by atoms with Gasteiger partial charge in [-0.25, -0.2) is 9.97 Å². The van der Waals surface area contributed by atoms with Crippen molar-refractivity contribution in [2.24, 2.45) is 0 Å². The summed E-state index contributed by atoms with van der Waals surface area (Å²) in [5.41, 5.74) is 0.502.